The summed E-state index contributed by atoms with van der Waals surface area (Å²) in [6.07, 6.45) is 3.36. The molecule has 2 aromatic heterocycles. The first-order valence-electron chi connectivity index (χ1n) is 6.33. The molecule has 2 aromatic rings. The summed E-state index contributed by atoms with van der Waals surface area (Å²) in [5.41, 5.74) is 1.24. The summed E-state index contributed by atoms with van der Waals surface area (Å²) in [5.74, 6) is 0.642. The van der Waals surface area contributed by atoms with E-state index >= 15 is 0 Å². The lowest BCUT2D eigenvalue weighted by molar-refractivity contribution is -0.385. The van der Waals surface area contributed by atoms with Gasteiger partial charge in [-0.05, 0) is 24.6 Å². The van der Waals surface area contributed by atoms with Crippen LogP contribution in [0, 0.1) is 17.0 Å². The maximum Gasteiger partial charge on any atom is 0.332 e. The number of pyridine rings is 1. The van der Waals surface area contributed by atoms with Crippen molar-refractivity contribution in [3.05, 3.63) is 45.9 Å². The lowest BCUT2D eigenvalue weighted by atomic mass is 10.2. The van der Waals surface area contributed by atoms with E-state index in [1.165, 1.54) is 0 Å². The van der Waals surface area contributed by atoms with Gasteiger partial charge in [0.1, 0.15) is 5.69 Å². The van der Waals surface area contributed by atoms with Crippen molar-refractivity contribution in [1.82, 2.24) is 15.0 Å². The highest BCUT2D eigenvalue weighted by molar-refractivity contribution is 5.62. The van der Waals surface area contributed by atoms with Gasteiger partial charge >= 0.3 is 5.69 Å². The van der Waals surface area contributed by atoms with Crippen LogP contribution in [0.1, 0.15) is 11.3 Å². The molecule has 0 aromatic carbocycles. The van der Waals surface area contributed by atoms with Crippen molar-refractivity contribution in [3.63, 3.8) is 0 Å². The molecule has 1 N–H and O–H groups in total. The second kappa shape index (κ2) is 6.12. The van der Waals surface area contributed by atoms with Crippen LogP contribution >= 0.6 is 0 Å². The number of nitrogens with zero attached hydrogens (tertiary/aromatic N) is 5. The number of aryl methyl sites for hydroxylation is 1. The molecule has 8 heteroatoms. The van der Waals surface area contributed by atoms with Crippen molar-refractivity contribution in [1.29, 1.82) is 0 Å². The molecular weight excluding hydrogens is 272 g/mol. The van der Waals surface area contributed by atoms with Crippen LogP contribution < -0.4 is 10.2 Å². The monoisotopic (exact) mass is 288 g/mol. The number of nitrogens with one attached hydrogen (secondary N) is 1. The Morgan fingerprint density at radius 1 is 1.33 bits per heavy atom. The van der Waals surface area contributed by atoms with Crippen LogP contribution in [0.5, 0.6) is 0 Å². The third-order valence-corrected chi connectivity index (χ3v) is 2.98. The molecule has 110 valence electrons. The molecule has 0 atom stereocenters. The topological polar surface area (TPSA) is 97.1 Å². The summed E-state index contributed by atoms with van der Waals surface area (Å²) in [6, 6.07) is 3.71. The molecule has 0 spiro atoms. The van der Waals surface area contributed by atoms with Crippen molar-refractivity contribution in [2.45, 2.75) is 13.5 Å². The van der Waals surface area contributed by atoms with Crippen LogP contribution in [0.15, 0.2) is 24.5 Å². The maximum absolute atomic E-state index is 11.3. The summed E-state index contributed by atoms with van der Waals surface area (Å²) >= 11 is 0. The van der Waals surface area contributed by atoms with Crippen molar-refractivity contribution >= 4 is 17.5 Å². The molecule has 0 fully saturated rings. The van der Waals surface area contributed by atoms with Crippen molar-refractivity contribution in [2.75, 3.05) is 24.3 Å². The van der Waals surface area contributed by atoms with E-state index in [-0.39, 0.29) is 11.5 Å². The molecule has 2 rings (SSSR count). The Balaban J connectivity index is 2.41. The zero-order valence-corrected chi connectivity index (χ0v) is 12.1. The van der Waals surface area contributed by atoms with E-state index in [2.05, 4.69) is 20.3 Å². The van der Waals surface area contributed by atoms with Gasteiger partial charge in [-0.15, -0.1) is 0 Å². The Bertz CT molecular complexity index is 647. The highest BCUT2D eigenvalue weighted by Gasteiger charge is 2.24. The molecule has 0 amide bonds. The number of anilines is 2. The first-order valence-corrected chi connectivity index (χ1v) is 6.33. The molecular formula is C13H16N6O2. The third kappa shape index (κ3) is 3.22. The fraction of sp³-hybridized carbons (Fsp3) is 0.308. The van der Waals surface area contributed by atoms with Crippen molar-refractivity contribution in [3.8, 4) is 0 Å². The summed E-state index contributed by atoms with van der Waals surface area (Å²) in [5, 5.41) is 14.1. The van der Waals surface area contributed by atoms with Crippen LogP contribution in [0.25, 0.3) is 0 Å². The normalized spacial score (nSPS) is 10.2. The van der Waals surface area contributed by atoms with Gasteiger partial charge < -0.3 is 10.2 Å². The number of hydrogen-bond donors (Lipinski definition) is 1. The van der Waals surface area contributed by atoms with Gasteiger partial charge in [0.2, 0.25) is 11.8 Å². The fourth-order valence-electron chi connectivity index (χ4n) is 1.98. The molecule has 0 aliphatic heterocycles. The molecule has 0 saturated carbocycles. The second-order valence-corrected chi connectivity index (χ2v) is 4.52. The minimum Gasteiger partial charge on any atom is -0.357 e. The maximum atomic E-state index is 11.3. The number of nitro groups is 1. The largest absolute Gasteiger partial charge is 0.357 e. The van der Waals surface area contributed by atoms with Gasteiger partial charge in [0, 0.05) is 33.0 Å². The van der Waals surface area contributed by atoms with E-state index < -0.39 is 4.92 Å². The quantitative estimate of drug-likeness (QED) is 0.661. The van der Waals surface area contributed by atoms with E-state index in [0.717, 1.165) is 5.56 Å². The van der Waals surface area contributed by atoms with E-state index in [1.807, 2.05) is 12.1 Å². The lowest BCUT2D eigenvalue weighted by Gasteiger charge is -2.19. The van der Waals surface area contributed by atoms with Gasteiger partial charge in [0.15, 0.2) is 0 Å². The van der Waals surface area contributed by atoms with Crippen LogP contribution in [-0.4, -0.2) is 34.0 Å². The van der Waals surface area contributed by atoms with Gasteiger partial charge in [-0.1, -0.05) is 0 Å². The van der Waals surface area contributed by atoms with Crippen LogP contribution in [0.3, 0.4) is 0 Å². The predicted molar refractivity (Wildman–Crippen MR) is 79.3 cm³/mol. The highest BCUT2D eigenvalue weighted by atomic mass is 16.6. The summed E-state index contributed by atoms with van der Waals surface area (Å²) in [7, 11) is 3.43. The molecule has 2 heterocycles. The smallest absolute Gasteiger partial charge is 0.332 e. The van der Waals surface area contributed by atoms with Crippen LogP contribution in [-0.2, 0) is 6.54 Å². The van der Waals surface area contributed by atoms with Crippen molar-refractivity contribution in [2.24, 2.45) is 0 Å². The Morgan fingerprint density at radius 3 is 2.57 bits per heavy atom. The third-order valence-electron chi connectivity index (χ3n) is 2.98. The number of hydrogen-bond acceptors (Lipinski definition) is 7. The van der Waals surface area contributed by atoms with E-state index in [1.54, 1.807) is 38.3 Å². The van der Waals surface area contributed by atoms with E-state index in [0.29, 0.717) is 18.2 Å². The molecule has 0 radical (unpaired) electrons. The lowest BCUT2D eigenvalue weighted by Crippen LogP contribution is -2.20. The number of aromatic nitrogens is 3. The Hall–Kier alpha value is -2.77. The van der Waals surface area contributed by atoms with Gasteiger partial charge in [-0.2, -0.15) is 4.98 Å². The van der Waals surface area contributed by atoms with E-state index in [4.69, 9.17) is 0 Å². The van der Waals surface area contributed by atoms with Crippen LogP contribution in [0.2, 0.25) is 0 Å². The molecule has 0 bridgehead atoms. The Morgan fingerprint density at radius 2 is 2.00 bits per heavy atom. The minimum absolute atomic E-state index is 0.0782. The number of rotatable bonds is 5. The van der Waals surface area contributed by atoms with Crippen molar-refractivity contribution < 1.29 is 4.92 Å². The first-order chi connectivity index (χ1) is 10.0. The van der Waals surface area contributed by atoms with Gasteiger partial charge in [-0.3, -0.25) is 15.1 Å². The first kappa shape index (κ1) is 14.6. The Kier molecular flexibility index (Phi) is 4.27. The average Bonchev–Trinajstić information content (AvgIpc) is 2.46. The SMILES string of the molecule is CNc1nc(C)c([N+](=O)[O-])c(N(C)Cc2ccncc2)n1. The minimum atomic E-state index is -0.451. The zero-order chi connectivity index (χ0) is 15.4. The summed E-state index contributed by atoms with van der Waals surface area (Å²) in [4.78, 5) is 24.8. The average molecular weight is 288 g/mol. The molecule has 0 aliphatic rings. The standard InChI is InChI=1S/C13H16N6O2/c1-9-11(19(20)21)12(17-13(14-2)16-9)18(3)8-10-4-6-15-7-5-10/h4-7H,8H2,1-3H3,(H,14,16,17). The summed E-state index contributed by atoms with van der Waals surface area (Å²) < 4.78 is 0. The second-order valence-electron chi connectivity index (χ2n) is 4.52. The molecule has 0 unspecified atom stereocenters. The Labute approximate surface area is 122 Å². The molecule has 21 heavy (non-hydrogen) atoms. The molecule has 0 aliphatic carbocycles. The van der Waals surface area contributed by atoms with Gasteiger partial charge in [0.05, 0.1) is 4.92 Å². The highest BCUT2D eigenvalue weighted by Crippen LogP contribution is 2.29. The zero-order valence-electron chi connectivity index (χ0n) is 12.1. The van der Waals surface area contributed by atoms with E-state index in [9.17, 15) is 10.1 Å². The van der Waals surface area contributed by atoms with Gasteiger partial charge in [0.25, 0.3) is 0 Å². The molecule has 0 saturated heterocycles. The fourth-order valence-corrected chi connectivity index (χ4v) is 1.98. The van der Waals surface area contributed by atoms with Gasteiger partial charge in [-0.25, -0.2) is 4.98 Å². The van der Waals surface area contributed by atoms with Crippen LogP contribution in [0.4, 0.5) is 17.5 Å². The molecule has 8 nitrogen and oxygen atoms in total. The summed E-state index contributed by atoms with van der Waals surface area (Å²) in [6.45, 7) is 2.09. The predicted octanol–water partition coefficient (Wildman–Crippen LogP) is 1.77.